The molecule has 108 valence electrons. The van der Waals surface area contributed by atoms with Crippen LogP contribution in [0.1, 0.15) is 13.8 Å². The predicted molar refractivity (Wildman–Crippen MR) is 64.2 cm³/mol. The molecule has 0 heterocycles. The molecule has 0 bridgehead atoms. The van der Waals surface area contributed by atoms with Gasteiger partial charge in [0.2, 0.25) is 0 Å². The summed E-state index contributed by atoms with van der Waals surface area (Å²) in [6.07, 6.45) is -2.06. The number of carbonyl (C=O) groups is 2. The van der Waals surface area contributed by atoms with Gasteiger partial charge in [0.05, 0.1) is 12.7 Å². The van der Waals surface area contributed by atoms with Crippen LogP contribution in [-0.4, -0.2) is 61.9 Å². The van der Waals surface area contributed by atoms with Gasteiger partial charge in [-0.2, -0.15) is 0 Å². The zero-order valence-corrected chi connectivity index (χ0v) is 11.1. The van der Waals surface area contributed by atoms with Gasteiger partial charge in [-0.05, 0) is 13.8 Å². The van der Waals surface area contributed by atoms with Gasteiger partial charge in [-0.25, -0.2) is 9.59 Å². The molecule has 0 aromatic heterocycles. The van der Waals surface area contributed by atoms with Crippen LogP contribution >= 0.6 is 0 Å². The minimum absolute atomic E-state index is 0.0413. The molecule has 0 aromatic rings. The molecule has 2 unspecified atom stereocenters. The molecular formula is C10H22N2O6. The Morgan fingerprint density at radius 1 is 1.17 bits per heavy atom. The third-order valence-corrected chi connectivity index (χ3v) is 1.43. The van der Waals surface area contributed by atoms with Crippen molar-refractivity contribution in [1.82, 2.24) is 10.6 Å². The Kier molecular flexibility index (Phi) is 12.5. The Morgan fingerprint density at radius 2 is 1.67 bits per heavy atom. The molecule has 2 amide bonds. The van der Waals surface area contributed by atoms with Crippen LogP contribution in [0, 0.1) is 0 Å². The van der Waals surface area contributed by atoms with Gasteiger partial charge in [-0.1, -0.05) is 0 Å². The Bertz CT molecular complexity index is 234. The van der Waals surface area contributed by atoms with Crippen LogP contribution in [0.3, 0.4) is 0 Å². The van der Waals surface area contributed by atoms with Crippen molar-refractivity contribution in [2.45, 2.75) is 26.1 Å². The second-order valence-electron chi connectivity index (χ2n) is 3.35. The smallest absolute Gasteiger partial charge is 0.407 e. The number of nitrogens with one attached hydrogen (secondary N) is 2. The molecule has 8 nitrogen and oxygen atoms in total. The zero-order valence-electron chi connectivity index (χ0n) is 11.1. The van der Waals surface area contributed by atoms with E-state index in [1.54, 1.807) is 13.8 Å². The summed E-state index contributed by atoms with van der Waals surface area (Å²) in [5.41, 5.74) is 0. The molecule has 0 aromatic carbocycles. The number of amides is 2. The first-order chi connectivity index (χ1) is 8.37. The lowest BCUT2D eigenvalue weighted by Gasteiger charge is -2.08. The van der Waals surface area contributed by atoms with Gasteiger partial charge in [0, 0.05) is 14.1 Å². The van der Waals surface area contributed by atoms with Gasteiger partial charge in [0.15, 0.2) is 0 Å². The number of hydrogen-bond acceptors (Lipinski definition) is 6. The van der Waals surface area contributed by atoms with Crippen LogP contribution in [0.15, 0.2) is 0 Å². The summed E-state index contributed by atoms with van der Waals surface area (Å²) < 4.78 is 9.00. The monoisotopic (exact) mass is 266 g/mol. The largest absolute Gasteiger partial charge is 0.447 e. The van der Waals surface area contributed by atoms with Crippen molar-refractivity contribution in [3.05, 3.63) is 0 Å². The second-order valence-corrected chi connectivity index (χ2v) is 3.35. The topological polar surface area (TPSA) is 117 Å². The van der Waals surface area contributed by atoms with Crippen molar-refractivity contribution in [2.75, 3.05) is 27.3 Å². The third-order valence-electron chi connectivity index (χ3n) is 1.43. The van der Waals surface area contributed by atoms with Crippen molar-refractivity contribution in [2.24, 2.45) is 0 Å². The standard InChI is InChI=1S/2C5H11NO3/c1-4(7)3-9-5(8)6-2;1-4(3-7)9-5(8)6-2/h2*4,7H,3H2,1-2H3,(H,6,8). The van der Waals surface area contributed by atoms with Crippen molar-refractivity contribution in [1.29, 1.82) is 0 Å². The first-order valence-electron chi connectivity index (χ1n) is 5.39. The summed E-state index contributed by atoms with van der Waals surface area (Å²) in [6.45, 7) is 3.05. The van der Waals surface area contributed by atoms with E-state index in [-0.39, 0.29) is 13.2 Å². The molecule has 0 spiro atoms. The average molecular weight is 266 g/mol. The number of aliphatic hydroxyl groups is 2. The Balaban J connectivity index is 0. The van der Waals surface area contributed by atoms with E-state index in [0.29, 0.717) is 0 Å². The van der Waals surface area contributed by atoms with E-state index in [1.165, 1.54) is 14.1 Å². The third kappa shape index (κ3) is 14.5. The highest BCUT2D eigenvalue weighted by Gasteiger charge is 2.03. The zero-order chi connectivity index (χ0) is 14.6. The van der Waals surface area contributed by atoms with E-state index in [9.17, 15) is 9.59 Å². The lowest BCUT2D eigenvalue weighted by Crippen LogP contribution is -2.26. The van der Waals surface area contributed by atoms with Gasteiger partial charge >= 0.3 is 12.2 Å². The molecule has 0 saturated heterocycles. The SMILES string of the molecule is CNC(=O)OC(C)CO.CNC(=O)OCC(C)O. The van der Waals surface area contributed by atoms with Crippen molar-refractivity contribution >= 4 is 12.2 Å². The first kappa shape index (κ1) is 18.8. The molecule has 0 aliphatic rings. The summed E-state index contributed by atoms with van der Waals surface area (Å²) in [7, 11) is 2.93. The van der Waals surface area contributed by atoms with Crippen LogP contribution in [0.4, 0.5) is 9.59 Å². The van der Waals surface area contributed by atoms with Gasteiger partial charge in [0.25, 0.3) is 0 Å². The fraction of sp³-hybridized carbons (Fsp3) is 0.800. The predicted octanol–water partition coefficient (Wildman–Crippen LogP) is -0.554. The fourth-order valence-electron chi connectivity index (χ4n) is 0.547. The molecule has 0 radical (unpaired) electrons. The van der Waals surface area contributed by atoms with E-state index in [1.807, 2.05) is 0 Å². The molecular weight excluding hydrogens is 244 g/mol. The van der Waals surface area contributed by atoms with Crippen LogP contribution in [0.5, 0.6) is 0 Å². The highest BCUT2D eigenvalue weighted by atomic mass is 16.6. The summed E-state index contributed by atoms with van der Waals surface area (Å²) in [5, 5.41) is 21.5. The van der Waals surface area contributed by atoms with Gasteiger partial charge in [-0.15, -0.1) is 0 Å². The molecule has 0 aliphatic carbocycles. The molecule has 0 fully saturated rings. The number of rotatable bonds is 4. The molecule has 0 saturated carbocycles. The lowest BCUT2D eigenvalue weighted by molar-refractivity contribution is 0.0694. The Hall–Kier alpha value is -1.54. The van der Waals surface area contributed by atoms with Crippen molar-refractivity contribution in [3.63, 3.8) is 0 Å². The Morgan fingerprint density at radius 3 is 2.00 bits per heavy atom. The van der Waals surface area contributed by atoms with Gasteiger partial charge in [-0.3, -0.25) is 0 Å². The quantitative estimate of drug-likeness (QED) is 0.542. The normalized spacial score (nSPS) is 12.3. The summed E-state index contributed by atoms with van der Waals surface area (Å²) in [4.78, 5) is 20.6. The van der Waals surface area contributed by atoms with Gasteiger partial charge < -0.3 is 30.3 Å². The number of carbonyl (C=O) groups excluding carboxylic acids is 2. The fourth-order valence-corrected chi connectivity index (χ4v) is 0.547. The molecule has 8 heteroatoms. The molecule has 0 aliphatic heterocycles. The van der Waals surface area contributed by atoms with E-state index < -0.39 is 24.4 Å². The summed E-state index contributed by atoms with van der Waals surface area (Å²) in [5.74, 6) is 0. The number of ether oxygens (including phenoxy) is 2. The average Bonchev–Trinajstić information content (AvgIpc) is 2.36. The summed E-state index contributed by atoms with van der Waals surface area (Å²) in [6, 6.07) is 0. The number of alkyl carbamates (subject to hydrolysis) is 2. The molecule has 4 N–H and O–H groups in total. The van der Waals surface area contributed by atoms with Crippen molar-refractivity contribution in [3.8, 4) is 0 Å². The first-order valence-corrected chi connectivity index (χ1v) is 5.39. The minimum atomic E-state index is -0.595. The second kappa shape index (κ2) is 11.9. The van der Waals surface area contributed by atoms with Crippen LogP contribution < -0.4 is 10.6 Å². The highest BCUT2D eigenvalue weighted by molar-refractivity contribution is 5.67. The molecule has 2 atom stereocenters. The maximum absolute atomic E-state index is 10.3. The van der Waals surface area contributed by atoms with E-state index in [0.717, 1.165) is 0 Å². The van der Waals surface area contributed by atoms with Gasteiger partial charge in [0.1, 0.15) is 12.7 Å². The van der Waals surface area contributed by atoms with Crippen LogP contribution in [0.2, 0.25) is 0 Å². The minimum Gasteiger partial charge on any atom is -0.447 e. The summed E-state index contributed by atoms with van der Waals surface area (Å²) >= 11 is 0. The maximum Gasteiger partial charge on any atom is 0.407 e. The van der Waals surface area contributed by atoms with Crippen LogP contribution in [0.25, 0.3) is 0 Å². The Labute approximate surface area is 106 Å². The van der Waals surface area contributed by atoms with E-state index >= 15 is 0 Å². The van der Waals surface area contributed by atoms with E-state index in [2.05, 4.69) is 20.1 Å². The van der Waals surface area contributed by atoms with Crippen LogP contribution in [-0.2, 0) is 9.47 Å². The van der Waals surface area contributed by atoms with Crippen molar-refractivity contribution < 1.29 is 29.3 Å². The molecule has 18 heavy (non-hydrogen) atoms. The van der Waals surface area contributed by atoms with E-state index in [4.69, 9.17) is 10.2 Å². The maximum atomic E-state index is 10.3. The lowest BCUT2D eigenvalue weighted by atomic mass is 10.4. The molecule has 0 rings (SSSR count). The number of aliphatic hydroxyl groups excluding tert-OH is 2. The highest BCUT2D eigenvalue weighted by Crippen LogP contribution is 1.87. The number of hydrogen-bond donors (Lipinski definition) is 4.